The van der Waals surface area contributed by atoms with Gasteiger partial charge in [0.15, 0.2) is 0 Å². The van der Waals surface area contributed by atoms with E-state index >= 15 is 0 Å². The molecule has 13 heavy (non-hydrogen) atoms. The van der Waals surface area contributed by atoms with Gasteiger partial charge in [-0.3, -0.25) is 0 Å². The minimum Gasteiger partial charge on any atom is -0.250 e. The summed E-state index contributed by atoms with van der Waals surface area (Å²) in [6, 6.07) is 1.42. The Hall–Kier alpha value is 0.0200. The van der Waals surface area contributed by atoms with Gasteiger partial charge in [-0.05, 0) is 34.9 Å². The van der Waals surface area contributed by atoms with Gasteiger partial charge in [-0.2, -0.15) is 13.2 Å². The van der Waals surface area contributed by atoms with Crippen LogP contribution in [0.15, 0.2) is 17.2 Å². The first-order valence-corrected chi connectivity index (χ1v) is 5.52. The highest BCUT2D eigenvalue weighted by atomic mass is 127. The van der Waals surface area contributed by atoms with Gasteiger partial charge in [0.2, 0.25) is 0 Å². The second-order valence-electron chi connectivity index (χ2n) is 2.21. The number of rotatable bonds is 1. The molecule has 0 fully saturated rings. The molecule has 0 aliphatic heterocycles. The number of nitrogens with zero attached hydrogens (tertiary/aromatic N) is 1. The third-order valence-electron chi connectivity index (χ3n) is 1.36. The second-order valence-corrected chi connectivity index (χ2v) is 4.16. The molecule has 1 heterocycles. The SMILES string of the molecule is CSc1cc(I)ncc1C(F)(F)F. The first kappa shape index (κ1) is 11.1. The van der Waals surface area contributed by atoms with E-state index in [-0.39, 0.29) is 4.90 Å². The number of halogens is 4. The maximum atomic E-state index is 12.3. The summed E-state index contributed by atoms with van der Waals surface area (Å²) in [5, 5.41) is 0. The van der Waals surface area contributed by atoms with Crippen molar-refractivity contribution < 1.29 is 13.2 Å². The molecular weight excluding hydrogens is 314 g/mol. The van der Waals surface area contributed by atoms with E-state index in [4.69, 9.17) is 0 Å². The molecule has 0 amide bonds. The molecule has 1 rings (SSSR count). The van der Waals surface area contributed by atoms with Gasteiger partial charge >= 0.3 is 6.18 Å². The highest BCUT2D eigenvalue weighted by Crippen LogP contribution is 2.35. The molecule has 1 aromatic heterocycles. The van der Waals surface area contributed by atoms with Crippen LogP contribution in [0.2, 0.25) is 0 Å². The van der Waals surface area contributed by atoms with E-state index in [1.165, 1.54) is 6.07 Å². The zero-order chi connectivity index (χ0) is 10.1. The Bertz CT molecular complexity index is 313. The van der Waals surface area contributed by atoms with E-state index in [0.717, 1.165) is 18.0 Å². The predicted octanol–water partition coefficient (Wildman–Crippen LogP) is 3.43. The highest BCUT2D eigenvalue weighted by Gasteiger charge is 2.33. The van der Waals surface area contributed by atoms with E-state index in [1.807, 2.05) is 22.6 Å². The van der Waals surface area contributed by atoms with Crippen LogP contribution in [0.5, 0.6) is 0 Å². The summed E-state index contributed by atoms with van der Waals surface area (Å²) in [4.78, 5) is 3.82. The van der Waals surface area contributed by atoms with Crippen molar-refractivity contribution in [3.8, 4) is 0 Å². The van der Waals surface area contributed by atoms with E-state index in [1.54, 1.807) is 6.26 Å². The molecule has 0 spiro atoms. The van der Waals surface area contributed by atoms with Gasteiger partial charge in [-0.1, -0.05) is 0 Å². The molecule has 0 N–H and O–H groups in total. The van der Waals surface area contributed by atoms with Crippen LogP contribution < -0.4 is 0 Å². The van der Waals surface area contributed by atoms with Gasteiger partial charge in [0.25, 0.3) is 0 Å². The lowest BCUT2D eigenvalue weighted by Crippen LogP contribution is -2.07. The van der Waals surface area contributed by atoms with E-state index in [9.17, 15) is 13.2 Å². The van der Waals surface area contributed by atoms with E-state index in [0.29, 0.717) is 3.70 Å². The summed E-state index contributed by atoms with van der Waals surface area (Å²) in [6.07, 6.45) is -1.83. The fraction of sp³-hybridized carbons (Fsp3) is 0.286. The number of aromatic nitrogens is 1. The largest absolute Gasteiger partial charge is 0.418 e. The third kappa shape index (κ3) is 2.73. The van der Waals surface area contributed by atoms with Crippen molar-refractivity contribution in [2.75, 3.05) is 6.26 Å². The second kappa shape index (κ2) is 4.04. The van der Waals surface area contributed by atoms with Crippen molar-refractivity contribution >= 4 is 34.4 Å². The fourth-order valence-electron chi connectivity index (χ4n) is 0.795. The average molecular weight is 319 g/mol. The van der Waals surface area contributed by atoms with Crippen LogP contribution in [0.1, 0.15) is 5.56 Å². The minimum absolute atomic E-state index is 0.215. The molecule has 0 unspecified atom stereocenters. The summed E-state index contributed by atoms with van der Waals surface area (Å²) in [5.41, 5.74) is -0.666. The summed E-state index contributed by atoms with van der Waals surface area (Å²) in [6.45, 7) is 0. The Labute approximate surface area is 91.3 Å². The zero-order valence-corrected chi connectivity index (χ0v) is 9.50. The maximum Gasteiger partial charge on any atom is 0.418 e. The Balaban J connectivity index is 3.22. The molecule has 0 aromatic carbocycles. The molecule has 0 aliphatic carbocycles. The number of thioether (sulfide) groups is 1. The van der Waals surface area contributed by atoms with Gasteiger partial charge < -0.3 is 0 Å². The molecule has 72 valence electrons. The summed E-state index contributed by atoms with van der Waals surface area (Å²) in [5.74, 6) is 0. The lowest BCUT2D eigenvalue weighted by molar-refractivity contribution is -0.140. The Kier molecular flexibility index (Phi) is 3.44. The normalized spacial score (nSPS) is 11.8. The summed E-state index contributed by atoms with van der Waals surface area (Å²) in [7, 11) is 0. The number of pyridine rings is 1. The van der Waals surface area contributed by atoms with Crippen molar-refractivity contribution in [3.63, 3.8) is 0 Å². The molecule has 6 heteroatoms. The van der Waals surface area contributed by atoms with Gasteiger partial charge in [0.05, 0.1) is 5.56 Å². The van der Waals surface area contributed by atoms with Crippen LogP contribution >= 0.6 is 34.4 Å². The lowest BCUT2D eigenvalue weighted by atomic mass is 10.3. The molecule has 0 saturated heterocycles. The van der Waals surface area contributed by atoms with Crippen LogP contribution in [0.3, 0.4) is 0 Å². The van der Waals surface area contributed by atoms with Crippen molar-refractivity contribution in [2.24, 2.45) is 0 Å². The molecule has 1 aromatic rings. The number of hydrogen-bond acceptors (Lipinski definition) is 2. The molecule has 0 atom stereocenters. The van der Waals surface area contributed by atoms with Gasteiger partial charge in [0.1, 0.15) is 3.70 Å². The zero-order valence-electron chi connectivity index (χ0n) is 6.52. The molecule has 1 nitrogen and oxygen atoms in total. The van der Waals surface area contributed by atoms with Crippen LogP contribution in [0, 0.1) is 3.70 Å². The van der Waals surface area contributed by atoms with Crippen molar-refractivity contribution in [3.05, 3.63) is 21.5 Å². The molecule has 0 radical (unpaired) electrons. The van der Waals surface area contributed by atoms with E-state index < -0.39 is 11.7 Å². The van der Waals surface area contributed by atoms with Gasteiger partial charge in [0, 0.05) is 11.1 Å². The Morgan fingerprint density at radius 3 is 2.54 bits per heavy atom. The van der Waals surface area contributed by atoms with Gasteiger partial charge in [-0.25, -0.2) is 4.98 Å². The van der Waals surface area contributed by atoms with E-state index in [2.05, 4.69) is 4.98 Å². The molecular formula is C7H5F3INS. The summed E-state index contributed by atoms with van der Waals surface area (Å²) < 4.78 is 37.5. The minimum atomic E-state index is -4.31. The van der Waals surface area contributed by atoms with Crippen molar-refractivity contribution in [2.45, 2.75) is 11.1 Å². The molecule has 0 saturated carbocycles. The smallest absolute Gasteiger partial charge is 0.250 e. The van der Waals surface area contributed by atoms with Crippen molar-refractivity contribution in [1.29, 1.82) is 0 Å². The molecule has 0 aliphatic rings. The third-order valence-corrected chi connectivity index (χ3v) is 2.73. The number of hydrogen-bond donors (Lipinski definition) is 0. The Morgan fingerprint density at radius 2 is 2.08 bits per heavy atom. The van der Waals surface area contributed by atoms with Crippen LogP contribution in [-0.4, -0.2) is 11.2 Å². The average Bonchev–Trinajstić information content (AvgIpc) is 2.01. The Morgan fingerprint density at radius 1 is 1.46 bits per heavy atom. The quantitative estimate of drug-likeness (QED) is 0.447. The highest BCUT2D eigenvalue weighted by molar-refractivity contribution is 14.1. The lowest BCUT2D eigenvalue weighted by Gasteiger charge is -2.10. The van der Waals surface area contributed by atoms with Crippen LogP contribution in [-0.2, 0) is 6.18 Å². The molecule has 0 bridgehead atoms. The standard InChI is InChI=1S/C7H5F3INS/c1-13-5-2-6(11)12-3-4(5)7(8,9)10/h2-3H,1H3. The van der Waals surface area contributed by atoms with Gasteiger partial charge in [-0.15, -0.1) is 11.8 Å². The van der Waals surface area contributed by atoms with Crippen LogP contribution in [0.4, 0.5) is 13.2 Å². The number of alkyl halides is 3. The summed E-state index contributed by atoms with van der Waals surface area (Å²) >= 11 is 2.95. The predicted molar refractivity (Wildman–Crippen MR) is 53.7 cm³/mol. The van der Waals surface area contributed by atoms with Crippen molar-refractivity contribution in [1.82, 2.24) is 4.98 Å². The first-order chi connectivity index (χ1) is 5.95. The topological polar surface area (TPSA) is 12.9 Å². The van der Waals surface area contributed by atoms with Crippen LogP contribution in [0.25, 0.3) is 0 Å². The fourth-order valence-corrected chi connectivity index (χ4v) is 2.07. The monoisotopic (exact) mass is 319 g/mol. The maximum absolute atomic E-state index is 12.3. The first-order valence-electron chi connectivity index (χ1n) is 3.22.